The number of aromatic nitrogens is 3. The van der Waals surface area contributed by atoms with Crippen molar-refractivity contribution in [2.75, 3.05) is 0 Å². The van der Waals surface area contributed by atoms with Gasteiger partial charge in [-0.05, 0) is 110 Å². The average Bonchev–Trinajstić information content (AvgIpc) is 3.70. The van der Waals surface area contributed by atoms with Gasteiger partial charge in [0.15, 0.2) is 0 Å². The van der Waals surface area contributed by atoms with Crippen LogP contribution in [0.15, 0.2) is 145 Å². The summed E-state index contributed by atoms with van der Waals surface area (Å²) in [5.41, 5.74) is 9.25. The van der Waals surface area contributed by atoms with Crippen LogP contribution in [0.4, 0.5) is 0 Å². The Morgan fingerprint density at radius 2 is 0.960 bits per heavy atom. The molecule has 3 nitrogen and oxygen atoms in total. The summed E-state index contributed by atoms with van der Waals surface area (Å²) in [5, 5.41) is 4.32. The van der Waals surface area contributed by atoms with Crippen LogP contribution in [0, 0.1) is 0 Å². The first-order valence-corrected chi connectivity index (χ1v) is 18.8. The molecule has 4 aromatic heterocycles. The Bertz CT molecular complexity index is 1530. The second-order valence-electron chi connectivity index (χ2n) is 13.6. The van der Waals surface area contributed by atoms with E-state index >= 15 is 0 Å². The Morgan fingerprint density at radius 3 is 1.34 bits per heavy atom. The molecule has 4 heteroatoms. The molecule has 0 atom stereocenters. The number of hydrogen-bond donors (Lipinski definition) is 0. The monoisotopic (exact) mass is 685 g/mol. The third kappa shape index (κ3) is 16.8. The summed E-state index contributed by atoms with van der Waals surface area (Å²) in [6.45, 7) is 21.8. The number of thiophene rings is 1. The summed E-state index contributed by atoms with van der Waals surface area (Å²) >= 11 is 1.77. The van der Waals surface area contributed by atoms with Crippen LogP contribution in [-0.2, 0) is 0 Å². The predicted molar refractivity (Wildman–Crippen MR) is 219 cm³/mol. The highest BCUT2D eigenvalue weighted by Gasteiger charge is 2.00. The molecule has 4 heterocycles. The highest BCUT2D eigenvalue weighted by molar-refractivity contribution is 7.08. The fourth-order valence-electron chi connectivity index (χ4n) is 4.48. The maximum atomic E-state index is 4.18. The zero-order valence-corrected chi connectivity index (χ0v) is 32.8. The lowest BCUT2D eigenvalue weighted by atomic mass is 9.99. The van der Waals surface area contributed by atoms with E-state index < -0.39 is 0 Å². The van der Waals surface area contributed by atoms with Crippen molar-refractivity contribution >= 4 is 11.3 Å². The Hall–Kier alpha value is -4.41. The van der Waals surface area contributed by atoms with Crippen LogP contribution < -0.4 is 0 Å². The lowest BCUT2D eigenvalue weighted by molar-refractivity contribution is 0.823. The van der Waals surface area contributed by atoms with Crippen molar-refractivity contribution in [1.29, 1.82) is 0 Å². The fraction of sp³-hybridized carbons (Fsp3) is 0.326. The summed E-state index contributed by atoms with van der Waals surface area (Å²) in [4.78, 5) is 12.1. The quantitative estimate of drug-likeness (QED) is 0.175. The molecule has 0 amide bonds. The number of hydrogen-bond acceptors (Lipinski definition) is 4. The van der Waals surface area contributed by atoms with Crippen LogP contribution in [0.3, 0.4) is 0 Å². The van der Waals surface area contributed by atoms with E-state index in [2.05, 4.69) is 156 Å². The van der Waals surface area contributed by atoms with Gasteiger partial charge in [0.05, 0.1) is 0 Å². The van der Waals surface area contributed by atoms with Gasteiger partial charge in [-0.25, -0.2) is 0 Å². The van der Waals surface area contributed by atoms with Crippen molar-refractivity contribution in [2.45, 2.75) is 98.8 Å². The first-order valence-electron chi connectivity index (χ1n) is 17.9. The van der Waals surface area contributed by atoms with Crippen molar-refractivity contribution in [2.24, 2.45) is 0 Å². The Balaban J connectivity index is 0.000000222. The van der Waals surface area contributed by atoms with Crippen molar-refractivity contribution < 1.29 is 0 Å². The number of nitrogens with zero attached hydrogens (tertiary/aromatic N) is 3. The van der Waals surface area contributed by atoms with Crippen LogP contribution in [-0.4, -0.2) is 15.0 Å². The summed E-state index contributed by atoms with van der Waals surface area (Å²) in [6, 6.07) is 35.6. The largest absolute Gasteiger partial charge is 0.265 e. The van der Waals surface area contributed by atoms with E-state index in [1.54, 1.807) is 17.5 Å². The molecule has 0 fully saturated rings. The summed E-state index contributed by atoms with van der Waals surface area (Å²) < 4.78 is 0. The third-order valence-corrected chi connectivity index (χ3v) is 8.60. The van der Waals surface area contributed by atoms with E-state index in [0.717, 1.165) is 5.69 Å². The van der Waals surface area contributed by atoms with Gasteiger partial charge in [-0.3, -0.25) is 15.0 Å². The van der Waals surface area contributed by atoms with E-state index in [1.165, 1.54) is 33.4 Å². The molecular formula is C46H59N3S. The maximum absolute atomic E-state index is 4.18. The highest BCUT2D eigenvalue weighted by atomic mass is 32.1. The standard InChI is InChI=1S/C15H16.3C8H11N.C7H10S/c1-12(2)13-8-10-15(11-9-13)14-6-4-3-5-7-14;1-7(2)8-3-5-9-6-4-8;1-7(2)8-4-3-5-9-6-8;1-7(2)8-5-3-4-6-9-8;1-6(2)7-3-4-8-5-7/h3-12H,1-2H3;3*3-7H,1-2H3;3-6H,1-2H3. The van der Waals surface area contributed by atoms with Gasteiger partial charge < -0.3 is 0 Å². The Labute approximate surface area is 308 Å². The van der Waals surface area contributed by atoms with Crippen LogP contribution in [0.5, 0.6) is 0 Å². The van der Waals surface area contributed by atoms with Gasteiger partial charge in [-0.2, -0.15) is 11.3 Å². The lowest BCUT2D eigenvalue weighted by Gasteiger charge is -2.06. The first-order chi connectivity index (χ1) is 24.0. The molecule has 0 unspecified atom stereocenters. The van der Waals surface area contributed by atoms with Crippen molar-refractivity contribution in [3.63, 3.8) is 0 Å². The minimum atomic E-state index is 0.547. The van der Waals surface area contributed by atoms with E-state index in [4.69, 9.17) is 0 Å². The van der Waals surface area contributed by atoms with Crippen LogP contribution in [0.2, 0.25) is 0 Å². The van der Waals surface area contributed by atoms with Gasteiger partial charge in [-0.1, -0.05) is 136 Å². The zero-order chi connectivity index (χ0) is 36.7. The normalized spacial score (nSPS) is 10.3. The van der Waals surface area contributed by atoms with Gasteiger partial charge in [0.2, 0.25) is 0 Å². The molecule has 264 valence electrons. The SMILES string of the molecule is CC(C)c1ccc(-c2ccccc2)cc1.CC(C)c1ccccn1.CC(C)c1cccnc1.CC(C)c1ccncc1.CC(C)c1ccsc1. The van der Waals surface area contributed by atoms with Gasteiger partial charge in [0, 0.05) is 36.7 Å². The van der Waals surface area contributed by atoms with Gasteiger partial charge >= 0.3 is 0 Å². The van der Waals surface area contributed by atoms with Crippen molar-refractivity contribution in [1.82, 2.24) is 15.0 Å². The minimum absolute atomic E-state index is 0.547. The lowest BCUT2D eigenvalue weighted by Crippen LogP contribution is -1.88. The predicted octanol–water partition coefficient (Wildman–Crippen LogP) is 14.0. The molecule has 0 N–H and O–H groups in total. The molecule has 2 aromatic carbocycles. The summed E-state index contributed by atoms with van der Waals surface area (Å²) in [7, 11) is 0. The second-order valence-corrected chi connectivity index (χ2v) is 14.4. The molecule has 0 radical (unpaired) electrons. The zero-order valence-electron chi connectivity index (χ0n) is 32.0. The third-order valence-electron chi connectivity index (χ3n) is 7.90. The summed E-state index contributed by atoms with van der Waals surface area (Å²) in [5.74, 6) is 3.06. The topological polar surface area (TPSA) is 38.7 Å². The highest BCUT2D eigenvalue weighted by Crippen LogP contribution is 2.22. The van der Waals surface area contributed by atoms with E-state index in [9.17, 15) is 0 Å². The van der Waals surface area contributed by atoms with Crippen LogP contribution >= 0.6 is 11.3 Å². The molecule has 0 saturated carbocycles. The average molecular weight is 686 g/mol. The summed E-state index contributed by atoms with van der Waals surface area (Å²) in [6.07, 6.45) is 9.19. The minimum Gasteiger partial charge on any atom is -0.265 e. The Morgan fingerprint density at radius 1 is 0.400 bits per heavy atom. The first kappa shape index (κ1) is 41.8. The molecule has 0 saturated heterocycles. The van der Waals surface area contributed by atoms with Gasteiger partial charge in [0.25, 0.3) is 0 Å². The number of pyridine rings is 3. The van der Waals surface area contributed by atoms with Gasteiger partial charge in [-0.15, -0.1) is 0 Å². The number of benzene rings is 2. The number of rotatable bonds is 6. The molecule has 0 aliphatic heterocycles. The Kier molecular flexibility index (Phi) is 19.9. The fourth-order valence-corrected chi connectivity index (χ4v) is 5.30. The smallest absolute Gasteiger partial charge is 0.0428 e. The van der Waals surface area contributed by atoms with E-state index in [0.29, 0.717) is 29.6 Å². The molecule has 0 bridgehead atoms. The van der Waals surface area contributed by atoms with E-state index in [1.807, 2.05) is 67.3 Å². The molecule has 0 aliphatic carbocycles. The van der Waals surface area contributed by atoms with Crippen LogP contribution in [0.25, 0.3) is 11.1 Å². The maximum Gasteiger partial charge on any atom is 0.0428 e. The molecule has 6 rings (SSSR count). The van der Waals surface area contributed by atoms with Crippen molar-refractivity contribution in [3.05, 3.63) is 173 Å². The second kappa shape index (κ2) is 23.9. The van der Waals surface area contributed by atoms with Crippen molar-refractivity contribution in [3.8, 4) is 11.1 Å². The van der Waals surface area contributed by atoms with Crippen LogP contribution in [0.1, 0.15) is 127 Å². The van der Waals surface area contributed by atoms with E-state index in [-0.39, 0.29) is 0 Å². The molecule has 0 spiro atoms. The molecule has 50 heavy (non-hydrogen) atoms. The molecular weight excluding hydrogens is 627 g/mol. The van der Waals surface area contributed by atoms with Gasteiger partial charge in [0.1, 0.15) is 0 Å². The molecule has 0 aliphatic rings. The molecule has 6 aromatic rings.